The molecule has 524 valence electrons. The van der Waals surface area contributed by atoms with Gasteiger partial charge in [0.2, 0.25) is 5.95 Å². The molecule has 22 aromatic rings. The highest BCUT2D eigenvalue weighted by Crippen LogP contribution is 2.43. The lowest BCUT2D eigenvalue weighted by Crippen LogP contribution is -2.06. The van der Waals surface area contributed by atoms with Gasteiger partial charge >= 0.3 is 0 Å². The van der Waals surface area contributed by atoms with E-state index in [0.29, 0.717) is 35.1 Å². The molecule has 10 heteroatoms. The van der Waals surface area contributed by atoms with Crippen molar-refractivity contribution in [1.29, 1.82) is 0 Å². The van der Waals surface area contributed by atoms with Crippen LogP contribution < -0.4 is 0 Å². The zero-order valence-electron chi connectivity index (χ0n) is 60.3. The van der Waals surface area contributed by atoms with Gasteiger partial charge in [-0.25, -0.2) is 19.9 Å². The van der Waals surface area contributed by atoms with E-state index in [1.807, 2.05) is 91.0 Å². The first-order valence-corrected chi connectivity index (χ1v) is 37.5. The second kappa shape index (κ2) is 27.5. The summed E-state index contributed by atoms with van der Waals surface area (Å²) in [5, 5.41) is 9.04. The Morgan fingerprint density at radius 2 is 0.473 bits per heavy atom. The first-order chi connectivity index (χ1) is 55.5. The SMILES string of the molecule is c1ccc(-c2ccc(-c3nc(-c4ccccc4)nc(-n4c5ccccc5c5cc(-c6ccc7oc8ccc(-c9ccccc9)cc8c7c6)ccc54)n3)cc2)cc1.c1ccc(-c2cccc(-c3nc(-c4ccccc4)nc(-c4ccccc4-n4c5ccccc5c5cc(-c6ccc7oc8ccccc8c7c6)ccc54)n3)c2)cc1. The van der Waals surface area contributed by atoms with Gasteiger partial charge in [0.05, 0.1) is 27.8 Å². The lowest BCUT2D eigenvalue weighted by molar-refractivity contribution is 0.668. The highest BCUT2D eigenvalue weighted by Gasteiger charge is 2.23. The van der Waals surface area contributed by atoms with Crippen molar-refractivity contribution in [2.45, 2.75) is 0 Å². The van der Waals surface area contributed by atoms with Gasteiger partial charge in [-0.05, 0) is 153 Å². The first-order valence-electron chi connectivity index (χ1n) is 37.5. The number of para-hydroxylation sites is 4. The molecule has 22 rings (SSSR count). The molecule has 6 aromatic heterocycles. The van der Waals surface area contributed by atoms with Crippen molar-refractivity contribution < 1.29 is 8.83 Å². The summed E-state index contributed by atoms with van der Waals surface area (Å²) in [6, 6.07) is 135. The topological polar surface area (TPSA) is 113 Å². The molecule has 0 spiro atoms. The van der Waals surface area contributed by atoms with Crippen molar-refractivity contribution in [3.63, 3.8) is 0 Å². The molecule has 0 fully saturated rings. The molecule has 0 aliphatic carbocycles. The number of hydrogen-bond donors (Lipinski definition) is 0. The Morgan fingerprint density at radius 3 is 1.01 bits per heavy atom. The summed E-state index contributed by atoms with van der Waals surface area (Å²) >= 11 is 0. The maximum absolute atomic E-state index is 6.30. The zero-order chi connectivity index (χ0) is 74.0. The van der Waals surface area contributed by atoms with Crippen LogP contribution >= 0.6 is 0 Å². The summed E-state index contributed by atoms with van der Waals surface area (Å²) in [5.41, 5.74) is 24.9. The van der Waals surface area contributed by atoms with Crippen molar-refractivity contribution in [2.75, 3.05) is 0 Å². The quantitative estimate of drug-likeness (QED) is 0.119. The lowest BCUT2D eigenvalue weighted by atomic mass is 9.99. The molecule has 0 saturated heterocycles. The van der Waals surface area contributed by atoms with Crippen molar-refractivity contribution >= 4 is 87.5 Å². The normalized spacial score (nSPS) is 11.6. The van der Waals surface area contributed by atoms with E-state index in [0.717, 1.165) is 149 Å². The number of nitrogens with zero attached hydrogens (tertiary/aromatic N) is 8. The molecule has 0 unspecified atom stereocenters. The van der Waals surface area contributed by atoms with Crippen LogP contribution in [-0.4, -0.2) is 39.0 Å². The second-order valence-corrected chi connectivity index (χ2v) is 28.1. The Labute approximate surface area is 643 Å². The monoisotopic (exact) mass is 1430 g/mol. The van der Waals surface area contributed by atoms with Crippen LogP contribution in [0.15, 0.2) is 397 Å². The summed E-state index contributed by atoms with van der Waals surface area (Å²) in [4.78, 5) is 30.8. The number of rotatable bonds is 12. The zero-order valence-corrected chi connectivity index (χ0v) is 60.3. The molecule has 0 saturated carbocycles. The van der Waals surface area contributed by atoms with Crippen LogP contribution in [0.25, 0.3) is 212 Å². The van der Waals surface area contributed by atoms with Gasteiger partial charge in [-0.3, -0.25) is 4.57 Å². The fourth-order valence-electron chi connectivity index (χ4n) is 15.9. The summed E-state index contributed by atoms with van der Waals surface area (Å²) < 4.78 is 17.0. The molecule has 112 heavy (non-hydrogen) atoms. The average molecular weight is 1430 g/mol. The number of furan rings is 2. The van der Waals surface area contributed by atoms with E-state index < -0.39 is 0 Å². The van der Waals surface area contributed by atoms with Gasteiger partial charge in [0.25, 0.3) is 0 Å². The van der Waals surface area contributed by atoms with Crippen LogP contribution in [0.3, 0.4) is 0 Å². The molecular weight excluding hydrogens is 1370 g/mol. The van der Waals surface area contributed by atoms with Gasteiger partial charge in [-0.1, -0.05) is 291 Å². The molecule has 6 heterocycles. The number of hydrogen-bond acceptors (Lipinski definition) is 8. The predicted molar refractivity (Wildman–Crippen MR) is 457 cm³/mol. The standard InChI is InChI=1S/2C51H32N4O/c1-4-12-33(13-5-1)35-20-22-37(23-21-35)50-52-49(36-16-8-3-9-17-36)53-51(54-50)55-45-19-11-10-18-41(45)42-30-39(24-27-46(42)55)40-26-29-48-44(32-40)43-31-38(25-28-47(43)56-48)34-14-6-2-7-15-34;1-3-14-33(15-4-1)35-18-13-19-38(30-35)50-52-49(34-16-5-2-6-17-34)53-51(54-50)41-22-8-11-24-45(41)55-44-23-10-7-20-39(44)42-31-36(26-28-46(42)55)37-27-29-48-43(32-37)40-21-9-12-25-47(40)56-48/h2*1-32H. The fourth-order valence-corrected chi connectivity index (χ4v) is 15.9. The van der Waals surface area contributed by atoms with Crippen molar-refractivity contribution in [3.05, 3.63) is 388 Å². The molecule has 0 aliphatic heterocycles. The molecule has 0 aliphatic rings. The number of aromatic nitrogens is 8. The van der Waals surface area contributed by atoms with E-state index in [2.05, 4.69) is 306 Å². The van der Waals surface area contributed by atoms with Gasteiger partial charge < -0.3 is 13.4 Å². The van der Waals surface area contributed by atoms with Crippen LogP contribution in [0.1, 0.15) is 0 Å². The van der Waals surface area contributed by atoms with Crippen molar-refractivity contribution in [1.82, 2.24) is 39.0 Å². The molecule has 0 bridgehead atoms. The van der Waals surface area contributed by atoms with Crippen LogP contribution in [0, 0.1) is 0 Å². The largest absolute Gasteiger partial charge is 0.456 e. The first kappa shape index (κ1) is 65.1. The maximum atomic E-state index is 6.30. The maximum Gasteiger partial charge on any atom is 0.238 e. The molecule has 0 radical (unpaired) electrons. The summed E-state index contributed by atoms with van der Waals surface area (Å²) in [5.74, 6) is 3.66. The molecule has 0 atom stereocenters. The van der Waals surface area contributed by atoms with E-state index in [9.17, 15) is 0 Å². The fraction of sp³-hybridized carbons (Fsp3) is 0. The minimum absolute atomic E-state index is 0.570. The third-order valence-electron chi connectivity index (χ3n) is 21.4. The molecule has 0 amide bonds. The van der Waals surface area contributed by atoms with Gasteiger partial charge in [-0.15, -0.1) is 0 Å². The predicted octanol–water partition coefficient (Wildman–Crippen LogP) is 26.4. The Kier molecular flexibility index (Phi) is 16.0. The Hall–Kier alpha value is -15.3. The Balaban J connectivity index is 0.000000141. The van der Waals surface area contributed by atoms with Crippen LogP contribution in [0.4, 0.5) is 0 Å². The van der Waals surface area contributed by atoms with Gasteiger partial charge in [0, 0.05) is 70.9 Å². The van der Waals surface area contributed by atoms with Gasteiger partial charge in [0.1, 0.15) is 22.3 Å². The number of fused-ring (bicyclic) bond motifs is 12. The van der Waals surface area contributed by atoms with Crippen LogP contribution in [0.5, 0.6) is 0 Å². The average Bonchev–Trinajstić information content (AvgIpc) is 1.58. The van der Waals surface area contributed by atoms with Gasteiger partial charge in [0.15, 0.2) is 29.1 Å². The molecular formula is C102H64N8O2. The third-order valence-corrected chi connectivity index (χ3v) is 21.4. The van der Waals surface area contributed by atoms with E-state index in [1.165, 1.54) is 27.5 Å². The number of benzene rings is 16. The molecule has 0 N–H and O–H groups in total. The minimum atomic E-state index is 0.570. The van der Waals surface area contributed by atoms with E-state index >= 15 is 0 Å². The Bertz CT molecular complexity index is 7360. The molecule has 10 nitrogen and oxygen atoms in total. The van der Waals surface area contributed by atoms with E-state index in [4.69, 9.17) is 38.7 Å². The summed E-state index contributed by atoms with van der Waals surface area (Å²) in [7, 11) is 0. The second-order valence-electron chi connectivity index (χ2n) is 28.1. The van der Waals surface area contributed by atoms with Crippen molar-refractivity contribution in [2.24, 2.45) is 0 Å². The highest BCUT2D eigenvalue weighted by molar-refractivity contribution is 6.14. The smallest absolute Gasteiger partial charge is 0.238 e. The minimum Gasteiger partial charge on any atom is -0.456 e. The Morgan fingerprint density at radius 1 is 0.170 bits per heavy atom. The lowest BCUT2D eigenvalue weighted by Gasteiger charge is -2.15. The van der Waals surface area contributed by atoms with Crippen LogP contribution in [-0.2, 0) is 0 Å². The van der Waals surface area contributed by atoms with E-state index in [1.54, 1.807) is 0 Å². The van der Waals surface area contributed by atoms with E-state index in [-0.39, 0.29) is 0 Å². The summed E-state index contributed by atoms with van der Waals surface area (Å²) in [6.45, 7) is 0. The summed E-state index contributed by atoms with van der Waals surface area (Å²) in [6.07, 6.45) is 0. The van der Waals surface area contributed by atoms with Gasteiger partial charge in [-0.2, -0.15) is 9.97 Å². The van der Waals surface area contributed by atoms with Crippen LogP contribution in [0.2, 0.25) is 0 Å². The third kappa shape index (κ3) is 11.8. The molecule has 16 aromatic carbocycles. The highest BCUT2D eigenvalue weighted by atomic mass is 16.3. The van der Waals surface area contributed by atoms with Crippen molar-refractivity contribution in [3.8, 4) is 124 Å².